The number of amides is 1. The molecule has 0 saturated heterocycles. The topological polar surface area (TPSA) is 96.9 Å². The monoisotopic (exact) mass is 278 g/mol. The highest BCUT2D eigenvalue weighted by molar-refractivity contribution is 5.85. The summed E-state index contributed by atoms with van der Waals surface area (Å²) >= 11 is 0. The van der Waals surface area contributed by atoms with Crippen LogP contribution in [0, 0.1) is 5.92 Å². The van der Waals surface area contributed by atoms with E-state index in [1.54, 1.807) is 0 Å². The van der Waals surface area contributed by atoms with Crippen molar-refractivity contribution < 1.29 is 20.4 Å². The number of carbonyl (C=O) groups excluding carboxylic acids is 2. The summed E-state index contributed by atoms with van der Waals surface area (Å²) in [6, 6.07) is 7.65. The van der Waals surface area contributed by atoms with Gasteiger partial charge in [-0.3, -0.25) is 4.79 Å². The summed E-state index contributed by atoms with van der Waals surface area (Å²) in [5.41, 5.74) is 4.64. The molecule has 1 aromatic rings. The number of carbonyl (C=O) groups is 2. The summed E-state index contributed by atoms with van der Waals surface area (Å²) < 4.78 is 0. The van der Waals surface area contributed by atoms with Crippen LogP contribution in [0.4, 0.5) is 0 Å². The zero-order valence-corrected chi connectivity index (χ0v) is 12.0. The first-order chi connectivity index (χ1) is 9.45. The molecule has 0 unspecified atom stereocenters. The molecule has 0 radical (unpaired) electrons. The standard InChI is InChI=1S/C15H22N2O3/c1-3-10(2)13(16)14(18)17-12(15(19)20)9-11-7-5-4-6-8-11/h4-8,10,12-13H,3,9,16H2,1-2H3,(H,17,18)(H,19,20)/t10-,12-,13-/m0/s1. The van der Waals surface area contributed by atoms with Gasteiger partial charge in [0, 0.05) is 5.92 Å². The van der Waals surface area contributed by atoms with Crippen LogP contribution in [0.2, 0.25) is 0 Å². The Morgan fingerprint density at radius 3 is 2.40 bits per heavy atom. The van der Waals surface area contributed by atoms with E-state index >= 15 is 0 Å². The second-order valence-electron chi connectivity index (χ2n) is 5.06. The minimum Gasteiger partial charge on any atom is -0.548 e. The Bertz CT molecular complexity index is 448. The van der Waals surface area contributed by atoms with Crippen molar-refractivity contribution in [2.24, 2.45) is 5.92 Å². The van der Waals surface area contributed by atoms with Crippen molar-refractivity contribution in [2.75, 3.05) is 0 Å². The predicted octanol–water partition coefficient (Wildman–Crippen LogP) is -0.880. The molecule has 0 saturated carbocycles. The lowest BCUT2D eigenvalue weighted by Gasteiger charge is -2.22. The van der Waals surface area contributed by atoms with Gasteiger partial charge in [0.2, 0.25) is 0 Å². The van der Waals surface area contributed by atoms with Crippen molar-refractivity contribution >= 4 is 11.9 Å². The third kappa shape index (κ3) is 4.66. The number of hydrogen-bond acceptors (Lipinski definition) is 3. The minimum atomic E-state index is -1.28. The minimum absolute atomic E-state index is 0.106. The van der Waals surface area contributed by atoms with Crippen LogP contribution in [0.5, 0.6) is 0 Å². The van der Waals surface area contributed by atoms with E-state index in [4.69, 9.17) is 0 Å². The van der Waals surface area contributed by atoms with Crippen molar-refractivity contribution in [2.45, 2.75) is 38.8 Å². The molecule has 0 aliphatic rings. The van der Waals surface area contributed by atoms with Crippen molar-refractivity contribution in [3.8, 4) is 0 Å². The quantitative estimate of drug-likeness (QED) is 0.678. The zero-order valence-electron chi connectivity index (χ0n) is 12.0. The van der Waals surface area contributed by atoms with E-state index in [0.717, 1.165) is 12.0 Å². The van der Waals surface area contributed by atoms with Gasteiger partial charge in [0.05, 0.1) is 12.0 Å². The Morgan fingerprint density at radius 2 is 1.90 bits per heavy atom. The maximum Gasteiger partial charge on any atom is 0.278 e. The van der Waals surface area contributed by atoms with Gasteiger partial charge in [0.1, 0.15) is 0 Å². The Kier molecular flexibility index (Phi) is 6.18. The predicted molar refractivity (Wildman–Crippen MR) is 73.2 cm³/mol. The molecule has 20 heavy (non-hydrogen) atoms. The summed E-state index contributed by atoms with van der Waals surface area (Å²) in [5.74, 6) is -1.52. The molecule has 1 amide bonds. The number of carboxylic acids is 1. The fraction of sp³-hybridized carbons (Fsp3) is 0.467. The molecular formula is C15H22N2O3. The van der Waals surface area contributed by atoms with Gasteiger partial charge in [0.15, 0.2) is 6.04 Å². The molecule has 4 N–H and O–H groups in total. The molecule has 1 aromatic carbocycles. The van der Waals surface area contributed by atoms with Gasteiger partial charge < -0.3 is 21.0 Å². The lowest BCUT2D eigenvalue weighted by molar-refractivity contribution is -0.415. The molecule has 0 fully saturated rings. The van der Waals surface area contributed by atoms with E-state index < -0.39 is 18.1 Å². The average Bonchev–Trinajstić information content (AvgIpc) is 2.45. The molecule has 5 nitrogen and oxygen atoms in total. The van der Waals surface area contributed by atoms with Crippen molar-refractivity contribution in [1.29, 1.82) is 0 Å². The SMILES string of the molecule is CC[C@H](C)[C@H]([NH3+])C(=O)N[C@@H](Cc1ccccc1)C(=O)[O-]. The summed E-state index contributed by atoms with van der Waals surface area (Å²) in [6.45, 7) is 3.89. The summed E-state index contributed by atoms with van der Waals surface area (Å²) in [7, 11) is 0. The second-order valence-corrected chi connectivity index (χ2v) is 5.06. The van der Waals surface area contributed by atoms with E-state index in [2.05, 4.69) is 11.1 Å². The normalized spacial score (nSPS) is 15.2. The lowest BCUT2D eigenvalue weighted by atomic mass is 9.98. The number of rotatable bonds is 7. The van der Waals surface area contributed by atoms with Crippen molar-refractivity contribution in [1.82, 2.24) is 5.32 Å². The third-order valence-corrected chi connectivity index (χ3v) is 3.55. The van der Waals surface area contributed by atoms with E-state index in [1.165, 1.54) is 0 Å². The Balaban J connectivity index is 2.68. The summed E-state index contributed by atoms with van der Waals surface area (Å²) in [6.07, 6.45) is 1.03. The Morgan fingerprint density at radius 1 is 1.30 bits per heavy atom. The molecule has 0 aliphatic carbocycles. The molecule has 0 heterocycles. The highest BCUT2D eigenvalue weighted by atomic mass is 16.4. The lowest BCUT2D eigenvalue weighted by Crippen LogP contribution is -2.71. The van der Waals surface area contributed by atoms with Gasteiger partial charge in [-0.2, -0.15) is 0 Å². The molecule has 0 bridgehead atoms. The van der Waals surface area contributed by atoms with Crippen LogP contribution in [-0.2, 0) is 16.0 Å². The van der Waals surface area contributed by atoms with Crippen LogP contribution in [0.15, 0.2) is 30.3 Å². The molecule has 5 heteroatoms. The van der Waals surface area contributed by atoms with Crippen molar-refractivity contribution in [3.63, 3.8) is 0 Å². The van der Waals surface area contributed by atoms with Gasteiger partial charge in [-0.25, -0.2) is 0 Å². The van der Waals surface area contributed by atoms with Crippen LogP contribution in [-0.4, -0.2) is 24.0 Å². The van der Waals surface area contributed by atoms with E-state index in [1.807, 2.05) is 44.2 Å². The highest BCUT2D eigenvalue weighted by Gasteiger charge is 2.25. The highest BCUT2D eigenvalue weighted by Crippen LogP contribution is 2.06. The van der Waals surface area contributed by atoms with Crippen molar-refractivity contribution in [3.05, 3.63) is 35.9 Å². The number of benzene rings is 1. The van der Waals surface area contributed by atoms with Crippen LogP contribution in [0.1, 0.15) is 25.8 Å². The van der Waals surface area contributed by atoms with Gasteiger partial charge in [-0.05, 0) is 18.4 Å². The fourth-order valence-corrected chi connectivity index (χ4v) is 1.86. The first kappa shape index (κ1) is 16.2. The van der Waals surface area contributed by atoms with E-state index in [0.29, 0.717) is 0 Å². The molecule has 0 aliphatic heterocycles. The Labute approximate surface area is 119 Å². The van der Waals surface area contributed by atoms with Gasteiger partial charge in [-0.15, -0.1) is 0 Å². The largest absolute Gasteiger partial charge is 0.548 e. The summed E-state index contributed by atoms with van der Waals surface area (Å²) in [4.78, 5) is 23.1. The number of aliphatic carboxylic acids is 1. The van der Waals surface area contributed by atoms with Crippen LogP contribution in [0.3, 0.4) is 0 Å². The molecule has 110 valence electrons. The number of carboxylic acid groups (broad SMARTS) is 1. The molecular weight excluding hydrogens is 256 g/mol. The van der Waals surface area contributed by atoms with Gasteiger partial charge in [0.25, 0.3) is 5.91 Å². The van der Waals surface area contributed by atoms with Gasteiger partial charge >= 0.3 is 0 Å². The molecule has 1 rings (SSSR count). The first-order valence-electron chi connectivity index (χ1n) is 6.84. The van der Waals surface area contributed by atoms with E-state index in [9.17, 15) is 14.7 Å². The third-order valence-electron chi connectivity index (χ3n) is 3.55. The average molecular weight is 278 g/mol. The summed E-state index contributed by atoms with van der Waals surface area (Å²) in [5, 5.41) is 13.7. The second kappa shape index (κ2) is 7.65. The maximum absolute atomic E-state index is 12.0. The fourth-order valence-electron chi connectivity index (χ4n) is 1.86. The zero-order chi connectivity index (χ0) is 15.1. The van der Waals surface area contributed by atoms with Crippen LogP contribution in [0.25, 0.3) is 0 Å². The van der Waals surface area contributed by atoms with E-state index in [-0.39, 0.29) is 18.2 Å². The molecule has 0 spiro atoms. The maximum atomic E-state index is 12.0. The smallest absolute Gasteiger partial charge is 0.278 e. The van der Waals surface area contributed by atoms with Gasteiger partial charge in [-0.1, -0.05) is 44.2 Å². The number of quaternary nitrogens is 1. The first-order valence-corrected chi connectivity index (χ1v) is 6.84. The van der Waals surface area contributed by atoms with Crippen LogP contribution >= 0.6 is 0 Å². The number of nitrogens with one attached hydrogen (secondary N) is 1. The molecule has 0 aromatic heterocycles. The van der Waals surface area contributed by atoms with Crippen LogP contribution < -0.4 is 16.2 Å². The number of hydrogen-bond donors (Lipinski definition) is 2. The Hall–Kier alpha value is -1.88. The molecule has 3 atom stereocenters.